The van der Waals surface area contributed by atoms with Crippen molar-refractivity contribution in [2.75, 3.05) is 26.9 Å². The smallest absolute Gasteiger partial charge is 0.293 e. The van der Waals surface area contributed by atoms with Crippen LogP contribution in [-0.4, -0.2) is 54.5 Å². The molecule has 1 aromatic rings. The lowest BCUT2D eigenvalue weighted by molar-refractivity contribution is -0.135. The number of carbonyl (C=O) groups excluding carboxylic acids is 3. The average Bonchev–Trinajstić information content (AvgIpc) is 2.92. The molecule has 0 unspecified atom stereocenters. The third-order valence-corrected chi connectivity index (χ3v) is 4.83. The first-order valence-corrected chi connectivity index (χ1v) is 8.69. The van der Waals surface area contributed by atoms with Crippen LogP contribution in [0.3, 0.4) is 0 Å². The van der Waals surface area contributed by atoms with Crippen molar-refractivity contribution in [3.63, 3.8) is 0 Å². The molecule has 0 radical (unpaired) electrons. The standard InChI is InChI=1S/C20H26N2O5/c1-6-14(7-2)8-17(23)16-9-15(13(3)22(16)4)18(24)19(25)21-20(10-26-5)11-27-12-20/h6-7,9H,1,8,10-12H2,2-5H3,(H,21,25)/b14-7+. The van der Waals surface area contributed by atoms with Crippen LogP contribution in [0.4, 0.5) is 0 Å². The van der Waals surface area contributed by atoms with Crippen LogP contribution in [0.25, 0.3) is 0 Å². The van der Waals surface area contributed by atoms with Crippen LogP contribution in [0.5, 0.6) is 0 Å². The van der Waals surface area contributed by atoms with Crippen LogP contribution >= 0.6 is 0 Å². The molecule has 0 atom stereocenters. The lowest BCUT2D eigenvalue weighted by Crippen LogP contribution is -2.65. The molecule has 1 amide bonds. The van der Waals surface area contributed by atoms with Gasteiger partial charge in [-0.25, -0.2) is 0 Å². The van der Waals surface area contributed by atoms with Gasteiger partial charge in [-0.1, -0.05) is 18.7 Å². The first kappa shape index (κ1) is 20.8. The fraction of sp³-hybridized carbons (Fsp3) is 0.450. The van der Waals surface area contributed by atoms with Gasteiger partial charge in [-0.15, -0.1) is 0 Å². The molecular formula is C20H26N2O5. The average molecular weight is 374 g/mol. The summed E-state index contributed by atoms with van der Waals surface area (Å²) in [5.41, 5.74) is 1.28. The maximum Gasteiger partial charge on any atom is 0.293 e. The third-order valence-electron chi connectivity index (χ3n) is 4.83. The van der Waals surface area contributed by atoms with E-state index < -0.39 is 17.2 Å². The van der Waals surface area contributed by atoms with Crippen molar-refractivity contribution >= 4 is 17.5 Å². The quantitative estimate of drug-likeness (QED) is 0.404. The van der Waals surface area contributed by atoms with Gasteiger partial charge in [-0.3, -0.25) is 14.4 Å². The lowest BCUT2D eigenvalue weighted by atomic mass is 9.97. The van der Waals surface area contributed by atoms with Gasteiger partial charge in [0, 0.05) is 31.8 Å². The Morgan fingerprint density at radius 1 is 1.41 bits per heavy atom. The number of ketones is 2. The van der Waals surface area contributed by atoms with Gasteiger partial charge in [-0.2, -0.15) is 0 Å². The van der Waals surface area contributed by atoms with E-state index in [0.717, 1.165) is 5.57 Å². The molecule has 1 aliphatic heterocycles. The fourth-order valence-electron chi connectivity index (χ4n) is 3.00. The number of allylic oxidation sites excluding steroid dienone is 3. The number of ether oxygens (including phenoxy) is 2. The molecule has 27 heavy (non-hydrogen) atoms. The number of amides is 1. The molecule has 1 saturated heterocycles. The van der Waals surface area contributed by atoms with E-state index in [4.69, 9.17) is 9.47 Å². The predicted octanol–water partition coefficient (Wildman–Crippen LogP) is 1.75. The van der Waals surface area contributed by atoms with Crippen molar-refractivity contribution < 1.29 is 23.9 Å². The number of nitrogens with one attached hydrogen (secondary N) is 1. The monoisotopic (exact) mass is 374 g/mol. The first-order valence-electron chi connectivity index (χ1n) is 8.69. The molecule has 7 heteroatoms. The normalized spacial score (nSPS) is 15.8. The van der Waals surface area contributed by atoms with Crippen LogP contribution in [0.1, 0.15) is 39.9 Å². The van der Waals surface area contributed by atoms with Gasteiger partial charge in [0.15, 0.2) is 5.78 Å². The number of Topliss-reactive ketones (excluding diaryl/α,β-unsaturated/α-hetero) is 2. The molecule has 1 aromatic heterocycles. The van der Waals surface area contributed by atoms with E-state index >= 15 is 0 Å². The van der Waals surface area contributed by atoms with Gasteiger partial charge in [0.25, 0.3) is 11.7 Å². The van der Waals surface area contributed by atoms with Crippen molar-refractivity contribution in [1.82, 2.24) is 9.88 Å². The van der Waals surface area contributed by atoms with E-state index in [1.165, 1.54) is 13.2 Å². The number of hydrogen-bond donors (Lipinski definition) is 1. The minimum Gasteiger partial charge on any atom is -0.382 e. The van der Waals surface area contributed by atoms with E-state index in [1.54, 1.807) is 24.6 Å². The largest absolute Gasteiger partial charge is 0.382 e. The maximum absolute atomic E-state index is 12.7. The van der Waals surface area contributed by atoms with Gasteiger partial charge in [0.2, 0.25) is 0 Å². The van der Waals surface area contributed by atoms with E-state index in [9.17, 15) is 14.4 Å². The Hall–Kier alpha value is -2.51. The number of methoxy groups -OCH3 is 1. The molecular weight excluding hydrogens is 348 g/mol. The van der Waals surface area contributed by atoms with Gasteiger partial charge in [0.1, 0.15) is 5.54 Å². The minimum atomic E-state index is -0.733. The van der Waals surface area contributed by atoms with E-state index in [-0.39, 0.29) is 24.4 Å². The predicted molar refractivity (Wildman–Crippen MR) is 101 cm³/mol. The van der Waals surface area contributed by atoms with E-state index in [0.29, 0.717) is 24.6 Å². The summed E-state index contributed by atoms with van der Waals surface area (Å²) in [5.74, 6) is -1.56. The lowest BCUT2D eigenvalue weighted by Gasteiger charge is -2.41. The zero-order chi connectivity index (χ0) is 20.2. The molecule has 1 N–H and O–H groups in total. The molecule has 0 spiro atoms. The highest BCUT2D eigenvalue weighted by Crippen LogP contribution is 2.21. The molecule has 0 saturated carbocycles. The van der Waals surface area contributed by atoms with Gasteiger partial charge in [-0.05, 0) is 25.5 Å². The van der Waals surface area contributed by atoms with Gasteiger partial charge in [0.05, 0.1) is 25.5 Å². The summed E-state index contributed by atoms with van der Waals surface area (Å²) < 4.78 is 11.9. The second-order valence-corrected chi connectivity index (χ2v) is 6.74. The van der Waals surface area contributed by atoms with Crippen LogP contribution in [0, 0.1) is 6.92 Å². The molecule has 7 nitrogen and oxygen atoms in total. The van der Waals surface area contributed by atoms with Crippen molar-refractivity contribution in [1.29, 1.82) is 0 Å². The van der Waals surface area contributed by atoms with Crippen LogP contribution in [0.2, 0.25) is 0 Å². The fourth-order valence-corrected chi connectivity index (χ4v) is 3.00. The summed E-state index contributed by atoms with van der Waals surface area (Å²) in [6.07, 6.45) is 3.63. The Kier molecular flexibility index (Phi) is 6.51. The molecule has 0 bridgehead atoms. The molecule has 2 rings (SSSR count). The Morgan fingerprint density at radius 2 is 2.07 bits per heavy atom. The third kappa shape index (κ3) is 4.26. The molecule has 0 aromatic carbocycles. The summed E-state index contributed by atoms with van der Waals surface area (Å²) in [6.45, 7) is 8.08. The zero-order valence-electron chi connectivity index (χ0n) is 16.3. The molecule has 0 aliphatic carbocycles. The number of carbonyl (C=O) groups is 3. The number of hydrogen-bond acceptors (Lipinski definition) is 5. The summed E-state index contributed by atoms with van der Waals surface area (Å²) in [6, 6.07) is 1.48. The topological polar surface area (TPSA) is 86.6 Å². The Morgan fingerprint density at radius 3 is 2.56 bits per heavy atom. The Bertz CT molecular complexity index is 800. The second-order valence-electron chi connectivity index (χ2n) is 6.74. The van der Waals surface area contributed by atoms with E-state index in [2.05, 4.69) is 11.9 Å². The highest BCUT2D eigenvalue weighted by Gasteiger charge is 2.41. The van der Waals surface area contributed by atoms with Crippen molar-refractivity contribution in [2.24, 2.45) is 7.05 Å². The van der Waals surface area contributed by atoms with Crippen molar-refractivity contribution in [2.45, 2.75) is 25.8 Å². The van der Waals surface area contributed by atoms with Crippen molar-refractivity contribution in [3.8, 4) is 0 Å². The highest BCUT2D eigenvalue weighted by atomic mass is 16.5. The Balaban J connectivity index is 2.21. The summed E-state index contributed by atoms with van der Waals surface area (Å²) >= 11 is 0. The second kappa shape index (κ2) is 8.45. The number of aromatic nitrogens is 1. The van der Waals surface area contributed by atoms with Crippen molar-refractivity contribution in [3.05, 3.63) is 47.3 Å². The molecule has 2 heterocycles. The SMILES string of the molecule is C=C/C(=C\C)CC(=O)c1cc(C(=O)C(=O)NC2(COC)COC2)c(C)n1C. The van der Waals surface area contributed by atoms with Gasteiger partial charge < -0.3 is 19.4 Å². The van der Waals surface area contributed by atoms with E-state index in [1.807, 2.05) is 13.0 Å². The number of nitrogens with zero attached hydrogens (tertiary/aromatic N) is 1. The molecule has 1 aliphatic rings. The van der Waals surface area contributed by atoms with Crippen LogP contribution < -0.4 is 5.32 Å². The minimum absolute atomic E-state index is 0.142. The Labute approximate surface area is 159 Å². The van der Waals surface area contributed by atoms with Gasteiger partial charge >= 0.3 is 0 Å². The maximum atomic E-state index is 12.7. The first-order chi connectivity index (χ1) is 12.8. The number of rotatable bonds is 9. The molecule has 1 fully saturated rings. The zero-order valence-corrected chi connectivity index (χ0v) is 16.3. The summed E-state index contributed by atoms with van der Waals surface area (Å²) in [7, 11) is 3.22. The summed E-state index contributed by atoms with van der Waals surface area (Å²) in [5, 5.41) is 2.71. The highest BCUT2D eigenvalue weighted by molar-refractivity contribution is 6.43. The molecule has 146 valence electrons. The summed E-state index contributed by atoms with van der Waals surface area (Å²) in [4.78, 5) is 37.7. The van der Waals surface area contributed by atoms with Crippen LogP contribution in [-0.2, 0) is 21.3 Å². The van der Waals surface area contributed by atoms with Crippen LogP contribution in [0.15, 0.2) is 30.4 Å².